The van der Waals surface area contributed by atoms with Gasteiger partial charge in [-0.2, -0.15) is 0 Å². The Morgan fingerprint density at radius 1 is 1.30 bits per heavy atom. The van der Waals surface area contributed by atoms with Crippen LogP contribution in [0, 0.1) is 0 Å². The van der Waals surface area contributed by atoms with Crippen LogP contribution in [0.4, 0.5) is 0 Å². The SMILES string of the molecule is CCCC(CC)N1C(=O)C(C)NC1c1ccc(Cl)cc1. The van der Waals surface area contributed by atoms with E-state index in [0.717, 1.165) is 29.8 Å². The Bertz CT molecular complexity index is 460. The van der Waals surface area contributed by atoms with Gasteiger partial charge in [-0.3, -0.25) is 10.1 Å². The van der Waals surface area contributed by atoms with E-state index in [0.29, 0.717) is 6.04 Å². The molecule has 1 aromatic rings. The van der Waals surface area contributed by atoms with E-state index in [-0.39, 0.29) is 18.1 Å². The smallest absolute Gasteiger partial charge is 0.241 e. The molecule has 1 heterocycles. The lowest BCUT2D eigenvalue weighted by molar-refractivity contribution is -0.132. The number of rotatable bonds is 5. The first-order valence-electron chi connectivity index (χ1n) is 7.42. The highest BCUT2D eigenvalue weighted by atomic mass is 35.5. The van der Waals surface area contributed by atoms with Crippen molar-refractivity contribution in [3.8, 4) is 0 Å². The summed E-state index contributed by atoms with van der Waals surface area (Å²) in [5, 5.41) is 4.12. The van der Waals surface area contributed by atoms with Gasteiger partial charge < -0.3 is 4.90 Å². The number of halogens is 1. The number of nitrogens with zero attached hydrogens (tertiary/aromatic N) is 1. The van der Waals surface area contributed by atoms with Gasteiger partial charge in [-0.1, -0.05) is 44.0 Å². The number of carbonyl (C=O) groups excluding carboxylic acids is 1. The third kappa shape index (κ3) is 2.99. The Labute approximate surface area is 126 Å². The van der Waals surface area contributed by atoms with E-state index in [1.54, 1.807) is 0 Å². The van der Waals surface area contributed by atoms with Gasteiger partial charge in [0.15, 0.2) is 0 Å². The summed E-state index contributed by atoms with van der Waals surface area (Å²) in [6.45, 7) is 6.25. The number of benzene rings is 1. The molecule has 20 heavy (non-hydrogen) atoms. The fourth-order valence-electron chi connectivity index (χ4n) is 2.91. The Balaban J connectivity index is 2.29. The van der Waals surface area contributed by atoms with Crippen molar-refractivity contribution < 1.29 is 4.79 Å². The van der Waals surface area contributed by atoms with Gasteiger partial charge in [0.25, 0.3) is 0 Å². The van der Waals surface area contributed by atoms with Crippen LogP contribution in [0.5, 0.6) is 0 Å². The van der Waals surface area contributed by atoms with E-state index in [1.807, 2.05) is 36.1 Å². The third-order valence-corrected chi connectivity index (χ3v) is 4.24. The van der Waals surface area contributed by atoms with Crippen LogP contribution in [0.2, 0.25) is 5.02 Å². The molecule has 2 rings (SSSR count). The number of nitrogens with one attached hydrogen (secondary N) is 1. The first-order chi connectivity index (χ1) is 9.58. The minimum absolute atomic E-state index is 0.0359. The molecule has 1 saturated heterocycles. The molecule has 1 fully saturated rings. The largest absolute Gasteiger partial charge is 0.319 e. The third-order valence-electron chi connectivity index (χ3n) is 3.98. The maximum atomic E-state index is 12.5. The van der Waals surface area contributed by atoms with Gasteiger partial charge in [-0.05, 0) is 37.5 Å². The van der Waals surface area contributed by atoms with Gasteiger partial charge in [-0.25, -0.2) is 0 Å². The van der Waals surface area contributed by atoms with Crippen LogP contribution >= 0.6 is 11.6 Å². The number of hydrogen-bond acceptors (Lipinski definition) is 2. The second-order valence-electron chi connectivity index (χ2n) is 5.44. The molecule has 0 bridgehead atoms. The number of amides is 1. The summed E-state index contributed by atoms with van der Waals surface area (Å²) >= 11 is 5.95. The van der Waals surface area contributed by atoms with Crippen molar-refractivity contribution in [2.24, 2.45) is 0 Å². The van der Waals surface area contributed by atoms with Crippen molar-refractivity contribution >= 4 is 17.5 Å². The van der Waals surface area contributed by atoms with Crippen LogP contribution in [0.3, 0.4) is 0 Å². The van der Waals surface area contributed by atoms with Gasteiger partial charge in [0.1, 0.15) is 6.17 Å². The highest BCUT2D eigenvalue weighted by Crippen LogP contribution is 2.30. The maximum Gasteiger partial charge on any atom is 0.241 e. The zero-order valence-electron chi connectivity index (χ0n) is 12.4. The summed E-state index contributed by atoms with van der Waals surface area (Å²) in [6, 6.07) is 7.93. The first kappa shape index (κ1) is 15.3. The van der Waals surface area contributed by atoms with E-state index in [1.165, 1.54) is 0 Å². The summed E-state index contributed by atoms with van der Waals surface area (Å²) < 4.78 is 0. The Kier molecular flexibility index (Phi) is 5.06. The van der Waals surface area contributed by atoms with Gasteiger partial charge in [0.05, 0.1) is 6.04 Å². The minimum atomic E-state index is -0.124. The lowest BCUT2D eigenvalue weighted by Crippen LogP contribution is -2.39. The quantitative estimate of drug-likeness (QED) is 0.897. The summed E-state index contributed by atoms with van der Waals surface area (Å²) in [5.74, 6) is 0.199. The first-order valence-corrected chi connectivity index (χ1v) is 7.80. The molecule has 3 unspecified atom stereocenters. The van der Waals surface area contributed by atoms with Crippen LogP contribution in [-0.4, -0.2) is 22.9 Å². The Morgan fingerprint density at radius 2 is 1.95 bits per heavy atom. The van der Waals surface area contributed by atoms with Crippen LogP contribution in [0.15, 0.2) is 24.3 Å². The molecule has 3 atom stereocenters. The average Bonchev–Trinajstić information content (AvgIpc) is 2.73. The highest BCUT2D eigenvalue weighted by molar-refractivity contribution is 6.30. The lowest BCUT2D eigenvalue weighted by Gasteiger charge is -2.32. The Hall–Kier alpha value is -1.06. The topological polar surface area (TPSA) is 32.3 Å². The molecule has 1 aromatic carbocycles. The summed E-state index contributed by atoms with van der Waals surface area (Å²) in [5.41, 5.74) is 1.10. The van der Waals surface area contributed by atoms with Crippen LogP contribution in [0.1, 0.15) is 51.8 Å². The van der Waals surface area contributed by atoms with E-state index in [4.69, 9.17) is 11.6 Å². The zero-order chi connectivity index (χ0) is 14.7. The second-order valence-corrected chi connectivity index (χ2v) is 5.88. The average molecular weight is 295 g/mol. The number of carbonyl (C=O) groups is 1. The van der Waals surface area contributed by atoms with E-state index >= 15 is 0 Å². The summed E-state index contributed by atoms with van der Waals surface area (Å²) in [7, 11) is 0. The van der Waals surface area contributed by atoms with Gasteiger partial charge in [0, 0.05) is 11.1 Å². The molecule has 110 valence electrons. The van der Waals surface area contributed by atoms with Crippen molar-refractivity contribution in [1.82, 2.24) is 10.2 Å². The van der Waals surface area contributed by atoms with E-state index in [9.17, 15) is 4.79 Å². The zero-order valence-corrected chi connectivity index (χ0v) is 13.2. The molecule has 0 spiro atoms. The molecule has 0 aromatic heterocycles. The Morgan fingerprint density at radius 3 is 2.50 bits per heavy atom. The predicted molar refractivity (Wildman–Crippen MR) is 82.6 cm³/mol. The molecule has 1 aliphatic rings. The van der Waals surface area contributed by atoms with Crippen molar-refractivity contribution in [2.75, 3.05) is 0 Å². The molecule has 4 heteroatoms. The van der Waals surface area contributed by atoms with Gasteiger partial charge >= 0.3 is 0 Å². The minimum Gasteiger partial charge on any atom is -0.319 e. The van der Waals surface area contributed by atoms with Crippen molar-refractivity contribution in [3.05, 3.63) is 34.9 Å². The molecular formula is C16H23ClN2O. The standard InChI is InChI=1S/C16H23ClN2O/c1-4-6-14(5-2)19-15(18-11(3)16(19)20)12-7-9-13(17)10-8-12/h7-11,14-15,18H,4-6H2,1-3H3. The van der Waals surface area contributed by atoms with Gasteiger partial charge in [-0.15, -0.1) is 0 Å². The molecule has 0 saturated carbocycles. The highest BCUT2D eigenvalue weighted by Gasteiger charge is 2.40. The normalized spacial score (nSPS) is 24.2. The van der Waals surface area contributed by atoms with E-state index < -0.39 is 0 Å². The molecule has 0 aliphatic carbocycles. The van der Waals surface area contributed by atoms with Gasteiger partial charge in [0.2, 0.25) is 5.91 Å². The molecule has 0 radical (unpaired) electrons. The van der Waals surface area contributed by atoms with Crippen LogP contribution < -0.4 is 5.32 Å². The van der Waals surface area contributed by atoms with Crippen LogP contribution in [-0.2, 0) is 4.79 Å². The summed E-state index contributed by atoms with van der Waals surface area (Å²) in [4.78, 5) is 14.5. The van der Waals surface area contributed by atoms with E-state index in [2.05, 4.69) is 19.2 Å². The molecule has 3 nitrogen and oxygen atoms in total. The fraction of sp³-hybridized carbons (Fsp3) is 0.562. The second kappa shape index (κ2) is 6.59. The molecule has 1 aliphatic heterocycles. The molecule has 1 N–H and O–H groups in total. The van der Waals surface area contributed by atoms with Crippen LogP contribution in [0.25, 0.3) is 0 Å². The fourth-order valence-corrected chi connectivity index (χ4v) is 3.03. The lowest BCUT2D eigenvalue weighted by atomic mass is 10.0. The molecular weight excluding hydrogens is 272 g/mol. The number of hydrogen-bond donors (Lipinski definition) is 1. The van der Waals surface area contributed by atoms with Crippen molar-refractivity contribution in [2.45, 2.75) is 58.3 Å². The molecule has 1 amide bonds. The predicted octanol–water partition coefficient (Wildman–Crippen LogP) is 3.74. The van der Waals surface area contributed by atoms with Crippen molar-refractivity contribution in [1.29, 1.82) is 0 Å². The maximum absolute atomic E-state index is 12.5. The summed E-state index contributed by atoms with van der Waals surface area (Å²) in [6.07, 6.45) is 3.08. The monoisotopic (exact) mass is 294 g/mol. The van der Waals surface area contributed by atoms with Crippen molar-refractivity contribution in [3.63, 3.8) is 0 Å².